The third-order valence-electron chi connectivity index (χ3n) is 2.67. The third kappa shape index (κ3) is 2.86. The fourth-order valence-corrected chi connectivity index (χ4v) is 3.27. The van der Waals surface area contributed by atoms with Crippen LogP contribution in [0.2, 0.25) is 0 Å². The van der Waals surface area contributed by atoms with E-state index in [1.54, 1.807) is 4.57 Å². The van der Waals surface area contributed by atoms with Gasteiger partial charge in [-0.1, -0.05) is 18.2 Å². The molecule has 1 aromatic carbocycles. The Bertz CT molecular complexity index is 747. The predicted octanol–water partition coefficient (Wildman–Crippen LogP) is 1.95. The van der Waals surface area contributed by atoms with Crippen molar-refractivity contribution < 1.29 is 8.42 Å². The summed E-state index contributed by atoms with van der Waals surface area (Å²) in [4.78, 5) is 0. The summed E-state index contributed by atoms with van der Waals surface area (Å²) in [6.45, 7) is 5.64. The number of primary sulfonamides is 1. The summed E-state index contributed by atoms with van der Waals surface area (Å²) in [5, 5.41) is 12.8. The summed E-state index contributed by atoms with van der Waals surface area (Å²) in [5.74, 6) is 0.492. The van der Waals surface area contributed by atoms with Gasteiger partial charge in [0.2, 0.25) is 0 Å². The van der Waals surface area contributed by atoms with E-state index >= 15 is 0 Å². The summed E-state index contributed by atoms with van der Waals surface area (Å²) < 4.78 is 25.9. The Balaban J connectivity index is 2.81. The van der Waals surface area contributed by atoms with E-state index in [-0.39, 0.29) is 5.16 Å². The van der Waals surface area contributed by atoms with Crippen LogP contribution in [0.1, 0.15) is 20.8 Å². The Morgan fingerprint density at radius 1 is 1.20 bits per heavy atom. The number of aromatic nitrogens is 3. The molecule has 8 heteroatoms. The van der Waals surface area contributed by atoms with Gasteiger partial charge in [0.05, 0.1) is 0 Å². The molecule has 0 saturated heterocycles. The fraction of sp³-hybridized carbons (Fsp3) is 0.333. The molecule has 2 N–H and O–H groups in total. The van der Waals surface area contributed by atoms with E-state index in [1.807, 2.05) is 45.0 Å². The molecule has 0 saturated carbocycles. The molecule has 108 valence electrons. The van der Waals surface area contributed by atoms with Gasteiger partial charge >= 0.3 is 0 Å². The van der Waals surface area contributed by atoms with Crippen molar-refractivity contribution in [2.24, 2.45) is 5.14 Å². The Labute approximate surface area is 131 Å². The summed E-state index contributed by atoms with van der Waals surface area (Å²) in [6, 6.07) is 7.58. The van der Waals surface area contributed by atoms with Gasteiger partial charge in [0.15, 0.2) is 5.82 Å². The van der Waals surface area contributed by atoms with E-state index in [9.17, 15) is 8.42 Å². The maximum absolute atomic E-state index is 11.7. The number of rotatable bonds is 2. The van der Waals surface area contributed by atoms with Crippen LogP contribution in [0.25, 0.3) is 11.4 Å². The molecule has 2 aromatic rings. The van der Waals surface area contributed by atoms with Gasteiger partial charge in [-0.05, 0) is 49.4 Å². The zero-order chi connectivity index (χ0) is 15.1. The lowest BCUT2D eigenvalue weighted by Gasteiger charge is -2.24. The van der Waals surface area contributed by atoms with Crippen LogP contribution < -0.4 is 5.14 Å². The molecule has 0 unspecified atom stereocenters. The number of nitrogens with zero attached hydrogens (tertiary/aromatic N) is 3. The average molecular weight is 406 g/mol. The highest BCUT2D eigenvalue weighted by Gasteiger charge is 2.29. The number of hydrogen-bond acceptors (Lipinski definition) is 4. The van der Waals surface area contributed by atoms with E-state index in [1.165, 1.54) is 0 Å². The van der Waals surface area contributed by atoms with Crippen LogP contribution in [0.4, 0.5) is 0 Å². The van der Waals surface area contributed by atoms with Crippen molar-refractivity contribution in [1.82, 2.24) is 14.8 Å². The van der Waals surface area contributed by atoms with Crippen molar-refractivity contribution in [2.75, 3.05) is 0 Å². The van der Waals surface area contributed by atoms with Crippen molar-refractivity contribution in [1.29, 1.82) is 0 Å². The van der Waals surface area contributed by atoms with Gasteiger partial charge in [0, 0.05) is 14.7 Å². The van der Waals surface area contributed by atoms with Crippen LogP contribution in [0, 0.1) is 3.57 Å². The molecule has 6 nitrogen and oxygen atoms in total. The lowest BCUT2D eigenvalue weighted by molar-refractivity contribution is 0.366. The minimum atomic E-state index is -3.93. The first-order valence-corrected chi connectivity index (χ1v) is 8.48. The predicted molar refractivity (Wildman–Crippen MR) is 84.5 cm³/mol. The van der Waals surface area contributed by atoms with E-state index in [2.05, 4.69) is 32.8 Å². The zero-order valence-corrected chi connectivity index (χ0v) is 14.3. The first kappa shape index (κ1) is 15.4. The lowest BCUT2D eigenvalue weighted by Crippen LogP contribution is -2.29. The molecular formula is C12H15IN4O2S. The largest absolute Gasteiger partial charge is 0.291 e. The van der Waals surface area contributed by atoms with Gasteiger partial charge in [-0.3, -0.25) is 4.57 Å². The van der Waals surface area contributed by atoms with Gasteiger partial charge in [-0.15, -0.1) is 10.2 Å². The summed E-state index contributed by atoms with van der Waals surface area (Å²) in [6.07, 6.45) is 0. The molecule has 0 aliphatic heterocycles. The fourth-order valence-electron chi connectivity index (χ4n) is 1.88. The molecule has 0 atom stereocenters. The Morgan fingerprint density at radius 2 is 1.80 bits per heavy atom. The van der Waals surface area contributed by atoms with Crippen molar-refractivity contribution in [3.63, 3.8) is 0 Å². The van der Waals surface area contributed by atoms with Gasteiger partial charge in [-0.2, -0.15) is 0 Å². The summed E-state index contributed by atoms with van der Waals surface area (Å²) in [7, 11) is -3.93. The van der Waals surface area contributed by atoms with Gasteiger partial charge in [0.1, 0.15) is 0 Å². The van der Waals surface area contributed by atoms with Crippen LogP contribution in [-0.2, 0) is 15.6 Å². The number of halogens is 1. The van der Waals surface area contributed by atoms with E-state index in [4.69, 9.17) is 5.14 Å². The van der Waals surface area contributed by atoms with Crippen LogP contribution in [0.5, 0.6) is 0 Å². The molecule has 2 rings (SSSR count). The molecule has 20 heavy (non-hydrogen) atoms. The monoisotopic (exact) mass is 406 g/mol. The molecule has 0 bridgehead atoms. The number of hydrogen-bond donors (Lipinski definition) is 1. The minimum absolute atomic E-state index is 0.223. The standard InChI is InChI=1S/C12H15IN4O2S/c1-12(2,3)17-10(8-6-4-5-7-9(8)13)15-16-11(17)20(14,18)19/h4-7H,1-3H3,(H2,14,18,19). The van der Waals surface area contributed by atoms with E-state index in [0.29, 0.717) is 5.82 Å². The molecule has 0 fully saturated rings. The maximum Gasteiger partial charge on any atom is 0.273 e. The first-order valence-electron chi connectivity index (χ1n) is 5.86. The van der Waals surface area contributed by atoms with Crippen LogP contribution in [0.3, 0.4) is 0 Å². The molecule has 0 amide bonds. The maximum atomic E-state index is 11.7. The molecule has 1 aromatic heterocycles. The van der Waals surface area contributed by atoms with E-state index < -0.39 is 15.6 Å². The van der Waals surface area contributed by atoms with Crippen molar-refractivity contribution in [2.45, 2.75) is 31.5 Å². The highest BCUT2D eigenvalue weighted by atomic mass is 127. The Hall–Kier alpha value is -1.00. The van der Waals surface area contributed by atoms with Crippen molar-refractivity contribution >= 4 is 32.6 Å². The van der Waals surface area contributed by atoms with Crippen LogP contribution in [0.15, 0.2) is 29.4 Å². The van der Waals surface area contributed by atoms with Gasteiger partial charge in [0.25, 0.3) is 15.2 Å². The summed E-state index contributed by atoms with van der Waals surface area (Å²) >= 11 is 2.18. The van der Waals surface area contributed by atoms with Crippen LogP contribution in [-0.4, -0.2) is 23.2 Å². The second kappa shape index (κ2) is 5.08. The Morgan fingerprint density at radius 3 is 2.30 bits per heavy atom. The SMILES string of the molecule is CC(C)(C)n1c(-c2ccccc2I)nnc1S(N)(=O)=O. The quantitative estimate of drug-likeness (QED) is 0.772. The topological polar surface area (TPSA) is 90.9 Å². The molecular weight excluding hydrogens is 391 g/mol. The molecule has 0 aliphatic carbocycles. The molecule has 0 aliphatic rings. The highest BCUT2D eigenvalue weighted by Crippen LogP contribution is 2.30. The number of benzene rings is 1. The molecule has 0 spiro atoms. The highest BCUT2D eigenvalue weighted by molar-refractivity contribution is 14.1. The minimum Gasteiger partial charge on any atom is -0.291 e. The lowest BCUT2D eigenvalue weighted by atomic mass is 10.1. The number of nitrogens with two attached hydrogens (primary N) is 1. The van der Waals surface area contributed by atoms with Crippen molar-refractivity contribution in [3.8, 4) is 11.4 Å². The van der Waals surface area contributed by atoms with E-state index in [0.717, 1.165) is 9.13 Å². The third-order valence-corrected chi connectivity index (χ3v) is 4.39. The average Bonchev–Trinajstić information content (AvgIpc) is 2.73. The zero-order valence-electron chi connectivity index (χ0n) is 11.3. The van der Waals surface area contributed by atoms with Crippen molar-refractivity contribution in [3.05, 3.63) is 27.8 Å². The molecule has 0 radical (unpaired) electrons. The second-order valence-corrected chi connectivity index (χ2v) is 7.95. The molecule has 1 heterocycles. The number of sulfonamides is 1. The Kier molecular flexibility index (Phi) is 3.91. The van der Waals surface area contributed by atoms with Crippen LogP contribution >= 0.6 is 22.6 Å². The first-order chi connectivity index (χ1) is 9.12. The smallest absolute Gasteiger partial charge is 0.273 e. The summed E-state index contributed by atoms with van der Waals surface area (Å²) in [5.41, 5.74) is 0.310. The normalized spacial score (nSPS) is 12.7. The van der Waals surface area contributed by atoms with Gasteiger partial charge < -0.3 is 0 Å². The van der Waals surface area contributed by atoms with Gasteiger partial charge in [-0.25, -0.2) is 13.6 Å². The second-order valence-electron chi connectivity index (χ2n) is 5.34.